The van der Waals surface area contributed by atoms with Gasteiger partial charge in [-0.05, 0) is 19.4 Å². The molecule has 0 spiro atoms. The van der Waals surface area contributed by atoms with E-state index in [4.69, 9.17) is 0 Å². The number of benzene rings is 1. The van der Waals surface area contributed by atoms with Crippen LogP contribution in [-0.2, 0) is 10.2 Å². The van der Waals surface area contributed by atoms with Gasteiger partial charge in [-0.1, -0.05) is 44.2 Å². The number of amides is 1. The Morgan fingerprint density at radius 2 is 1.70 bits per heavy atom. The summed E-state index contributed by atoms with van der Waals surface area (Å²) in [4.78, 5) is 12.4. The van der Waals surface area contributed by atoms with Crippen LogP contribution in [0.1, 0.15) is 33.3 Å². The second kappa shape index (κ2) is 5.94. The van der Waals surface area contributed by atoms with E-state index in [1.54, 1.807) is 0 Å². The van der Waals surface area contributed by atoms with Gasteiger partial charge in [-0.2, -0.15) is 0 Å². The zero-order chi connectivity index (χ0) is 14.8. The van der Waals surface area contributed by atoms with Crippen LogP contribution in [0.2, 0.25) is 0 Å². The maximum Gasteiger partial charge on any atom is 0.226 e. The number of carbonyl (C=O) groups excluding carboxylic acids is 1. The summed E-state index contributed by atoms with van der Waals surface area (Å²) in [6.07, 6.45) is 0. The number of carbonyl (C=O) groups is 1. The molecule has 0 saturated carbocycles. The predicted molar refractivity (Wildman–Crippen MR) is 81.2 cm³/mol. The fraction of sp³-hybridized carbons (Fsp3) is 0.562. The third-order valence-electron chi connectivity index (χ3n) is 4.18. The molecule has 0 bridgehead atoms. The Morgan fingerprint density at radius 3 is 2.25 bits per heavy atom. The topological polar surface area (TPSA) is 53.2 Å². The average Bonchev–Trinajstić information content (AvgIpc) is 2.77. The van der Waals surface area contributed by atoms with E-state index in [9.17, 15) is 4.79 Å². The highest BCUT2D eigenvalue weighted by Gasteiger charge is 2.36. The van der Waals surface area contributed by atoms with Crippen molar-refractivity contribution in [2.24, 2.45) is 5.92 Å². The largest absolute Gasteiger partial charge is 0.355 e. The van der Waals surface area contributed by atoms with Crippen molar-refractivity contribution in [3.05, 3.63) is 35.9 Å². The predicted octanol–water partition coefficient (Wildman–Crippen LogP) is 1.58. The first-order valence-corrected chi connectivity index (χ1v) is 7.26. The van der Waals surface area contributed by atoms with Gasteiger partial charge in [-0.25, -0.2) is 0 Å². The van der Waals surface area contributed by atoms with Crippen molar-refractivity contribution in [2.75, 3.05) is 6.54 Å². The standard InChI is InChI=1S/C16H25N3O/c1-11-14(12(2)19-18-11)15(20)17-10-16(3,4)13-8-6-5-7-9-13/h5-9,11-12,14,18-19H,10H2,1-4H3,(H,17,20). The first-order chi connectivity index (χ1) is 9.42. The van der Waals surface area contributed by atoms with Crippen molar-refractivity contribution in [1.29, 1.82) is 0 Å². The van der Waals surface area contributed by atoms with Crippen molar-refractivity contribution >= 4 is 5.91 Å². The molecule has 1 heterocycles. The van der Waals surface area contributed by atoms with Crippen LogP contribution in [0.15, 0.2) is 30.3 Å². The molecule has 1 saturated heterocycles. The molecule has 0 aliphatic carbocycles. The van der Waals surface area contributed by atoms with Crippen LogP contribution >= 0.6 is 0 Å². The molecular formula is C16H25N3O. The molecule has 4 nitrogen and oxygen atoms in total. The summed E-state index contributed by atoms with van der Waals surface area (Å²) < 4.78 is 0. The number of nitrogens with one attached hydrogen (secondary N) is 3. The monoisotopic (exact) mass is 275 g/mol. The van der Waals surface area contributed by atoms with E-state index < -0.39 is 0 Å². The Bertz CT molecular complexity index is 448. The van der Waals surface area contributed by atoms with Crippen molar-refractivity contribution in [2.45, 2.75) is 45.2 Å². The molecule has 2 unspecified atom stereocenters. The summed E-state index contributed by atoms with van der Waals surface area (Å²) in [6.45, 7) is 9.01. The van der Waals surface area contributed by atoms with Crippen LogP contribution in [0, 0.1) is 5.92 Å². The van der Waals surface area contributed by atoms with Crippen LogP contribution in [0.5, 0.6) is 0 Å². The molecule has 2 rings (SSSR count). The molecule has 2 atom stereocenters. The van der Waals surface area contributed by atoms with Crippen LogP contribution in [0.25, 0.3) is 0 Å². The van der Waals surface area contributed by atoms with Crippen LogP contribution in [0.4, 0.5) is 0 Å². The van der Waals surface area contributed by atoms with Gasteiger partial charge in [0.1, 0.15) is 0 Å². The normalized spacial score (nSPS) is 26.5. The summed E-state index contributed by atoms with van der Waals surface area (Å²) in [6, 6.07) is 10.6. The minimum atomic E-state index is -0.0666. The van der Waals surface area contributed by atoms with E-state index in [1.807, 2.05) is 32.0 Å². The average molecular weight is 275 g/mol. The molecular weight excluding hydrogens is 250 g/mol. The van der Waals surface area contributed by atoms with E-state index in [2.05, 4.69) is 42.1 Å². The molecule has 1 aliphatic rings. The second-order valence-electron chi connectivity index (χ2n) is 6.36. The molecule has 110 valence electrons. The maximum absolute atomic E-state index is 12.4. The van der Waals surface area contributed by atoms with Gasteiger partial charge in [0.2, 0.25) is 5.91 Å². The lowest BCUT2D eigenvalue weighted by Crippen LogP contribution is -2.44. The van der Waals surface area contributed by atoms with Crippen molar-refractivity contribution in [3.8, 4) is 0 Å². The van der Waals surface area contributed by atoms with Crippen molar-refractivity contribution in [3.63, 3.8) is 0 Å². The van der Waals surface area contributed by atoms with Crippen LogP contribution in [0.3, 0.4) is 0 Å². The first kappa shape index (κ1) is 15.0. The highest BCUT2D eigenvalue weighted by Crippen LogP contribution is 2.22. The van der Waals surface area contributed by atoms with Gasteiger partial charge in [0.15, 0.2) is 0 Å². The van der Waals surface area contributed by atoms with Gasteiger partial charge < -0.3 is 5.32 Å². The van der Waals surface area contributed by atoms with Crippen molar-refractivity contribution < 1.29 is 4.79 Å². The molecule has 1 aliphatic heterocycles. The van der Waals surface area contributed by atoms with Crippen LogP contribution < -0.4 is 16.2 Å². The molecule has 0 radical (unpaired) electrons. The van der Waals surface area contributed by atoms with E-state index in [-0.39, 0.29) is 29.3 Å². The van der Waals surface area contributed by atoms with Gasteiger partial charge in [0.05, 0.1) is 5.92 Å². The van der Waals surface area contributed by atoms with Gasteiger partial charge in [0, 0.05) is 24.0 Å². The zero-order valence-corrected chi connectivity index (χ0v) is 12.7. The number of hydrogen-bond donors (Lipinski definition) is 3. The molecule has 3 N–H and O–H groups in total. The molecule has 1 fully saturated rings. The fourth-order valence-corrected chi connectivity index (χ4v) is 2.75. The minimum absolute atomic E-state index is 0.0263. The summed E-state index contributed by atoms with van der Waals surface area (Å²) in [5.74, 6) is 0.0908. The van der Waals surface area contributed by atoms with E-state index in [1.165, 1.54) is 5.56 Å². The van der Waals surface area contributed by atoms with Crippen molar-refractivity contribution in [1.82, 2.24) is 16.2 Å². The molecule has 1 aromatic carbocycles. The van der Waals surface area contributed by atoms with E-state index in [0.29, 0.717) is 6.54 Å². The number of hydrazine groups is 1. The summed E-state index contributed by atoms with van der Waals surface area (Å²) in [7, 11) is 0. The molecule has 4 heteroatoms. The Balaban J connectivity index is 1.96. The molecule has 0 aromatic heterocycles. The highest BCUT2D eigenvalue weighted by atomic mass is 16.2. The summed E-state index contributed by atoms with van der Waals surface area (Å²) >= 11 is 0. The zero-order valence-electron chi connectivity index (χ0n) is 12.7. The van der Waals surface area contributed by atoms with Gasteiger partial charge in [-0.3, -0.25) is 15.6 Å². The van der Waals surface area contributed by atoms with E-state index in [0.717, 1.165) is 0 Å². The smallest absolute Gasteiger partial charge is 0.226 e. The van der Waals surface area contributed by atoms with Gasteiger partial charge in [0.25, 0.3) is 0 Å². The third kappa shape index (κ3) is 3.19. The first-order valence-electron chi connectivity index (χ1n) is 7.26. The van der Waals surface area contributed by atoms with Gasteiger partial charge in [-0.15, -0.1) is 0 Å². The van der Waals surface area contributed by atoms with Gasteiger partial charge >= 0.3 is 0 Å². The number of rotatable bonds is 4. The second-order valence-corrected chi connectivity index (χ2v) is 6.36. The lowest BCUT2D eigenvalue weighted by atomic mass is 9.84. The Hall–Kier alpha value is -1.39. The SMILES string of the molecule is CC1NNC(C)C1C(=O)NCC(C)(C)c1ccccc1. The summed E-state index contributed by atoms with van der Waals surface area (Å²) in [5.41, 5.74) is 7.41. The molecule has 1 aromatic rings. The molecule has 1 amide bonds. The fourth-order valence-electron chi connectivity index (χ4n) is 2.75. The Labute approximate surface area is 121 Å². The molecule has 20 heavy (non-hydrogen) atoms. The third-order valence-corrected chi connectivity index (χ3v) is 4.18. The Morgan fingerprint density at radius 1 is 1.15 bits per heavy atom. The minimum Gasteiger partial charge on any atom is -0.355 e. The maximum atomic E-state index is 12.4. The highest BCUT2D eigenvalue weighted by molar-refractivity contribution is 5.80. The number of hydrogen-bond acceptors (Lipinski definition) is 3. The quantitative estimate of drug-likeness (QED) is 0.782. The van der Waals surface area contributed by atoms with E-state index >= 15 is 0 Å². The lowest BCUT2D eigenvalue weighted by molar-refractivity contribution is -0.125. The lowest BCUT2D eigenvalue weighted by Gasteiger charge is -2.27. The van der Waals surface area contributed by atoms with Crippen LogP contribution in [-0.4, -0.2) is 24.5 Å². The Kier molecular flexibility index (Phi) is 4.45. The summed E-state index contributed by atoms with van der Waals surface area (Å²) in [5, 5.41) is 3.11.